The zero-order valence-corrected chi connectivity index (χ0v) is 9.60. The molecule has 2 N–H and O–H groups in total. The second-order valence-corrected chi connectivity index (χ2v) is 4.59. The second kappa shape index (κ2) is 4.47. The number of fused-ring (bicyclic) bond motifs is 1. The summed E-state index contributed by atoms with van der Waals surface area (Å²) in [6.07, 6.45) is 6.82. The molecule has 1 aliphatic rings. The summed E-state index contributed by atoms with van der Waals surface area (Å²) in [5, 5.41) is 11.0. The first kappa shape index (κ1) is 10.7. The maximum Gasteiger partial charge on any atom is 0.137 e. The van der Waals surface area contributed by atoms with Gasteiger partial charge in [0.25, 0.3) is 0 Å². The summed E-state index contributed by atoms with van der Waals surface area (Å²) >= 11 is 0. The normalized spacial score (nSPS) is 18.2. The van der Waals surface area contributed by atoms with E-state index in [1.165, 1.54) is 6.42 Å². The number of rotatable bonds is 4. The van der Waals surface area contributed by atoms with Crippen molar-refractivity contribution in [3.63, 3.8) is 0 Å². The van der Waals surface area contributed by atoms with Crippen molar-refractivity contribution in [2.45, 2.75) is 31.5 Å². The Morgan fingerprint density at radius 1 is 1.53 bits per heavy atom. The van der Waals surface area contributed by atoms with E-state index >= 15 is 0 Å². The monoisotopic (exact) mass is 232 g/mol. The van der Waals surface area contributed by atoms with Crippen LogP contribution in [0.15, 0.2) is 24.5 Å². The lowest BCUT2D eigenvalue weighted by molar-refractivity contribution is -0.0427. The van der Waals surface area contributed by atoms with Gasteiger partial charge in [-0.3, -0.25) is 0 Å². The number of hydrogen-bond acceptors (Lipinski definition) is 3. The Bertz CT molecular complexity index is 505. The predicted molar refractivity (Wildman–Crippen MR) is 64.6 cm³/mol. The molecule has 0 aliphatic heterocycles. The van der Waals surface area contributed by atoms with Crippen LogP contribution in [0.1, 0.15) is 30.9 Å². The van der Waals surface area contributed by atoms with Crippen molar-refractivity contribution in [2.75, 3.05) is 6.61 Å². The van der Waals surface area contributed by atoms with Gasteiger partial charge in [0.1, 0.15) is 11.8 Å². The van der Waals surface area contributed by atoms with Gasteiger partial charge in [0.05, 0.1) is 12.7 Å². The van der Waals surface area contributed by atoms with E-state index in [1.807, 2.05) is 18.3 Å². The summed E-state index contributed by atoms with van der Waals surface area (Å²) in [4.78, 5) is 7.28. The van der Waals surface area contributed by atoms with E-state index < -0.39 is 6.10 Å². The minimum Gasteiger partial charge on any atom is -0.386 e. The molecule has 0 aromatic carbocycles. The first-order chi connectivity index (χ1) is 8.33. The summed E-state index contributed by atoms with van der Waals surface area (Å²) in [5.74, 6) is 0. The molecule has 0 unspecified atom stereocenters. The average molecular weight is 232 g/mol. The van der Waals surface area contributed by atoms with E-state index in [9.17, 15) is 5.11 Å². The van der Waals surface area contributed by atoms with Crippen LogP contribution in [0.4, 0.5) is 0 Å². The molecule has 0 spiro atoms. The van der Waals surface area contributed by atoms with Crippen molar-refractivity contribution in [2.24, 2.45) is 0 Å². The number of aliphatic hydroxyl groups is 1. The Morgan fingerprint density at radius 3 is 3.18 bits per heavy atom. The highest BCUT2D eigenvalue weighted by molar-refractivity contribution is 5.75. The molecule has 90 valence electrons. The third-order valence-corrected chi connectivity index (χ3v) is 3.35. The molecule has 0 amide bonds. The molecular weight excluding hydrogens is 216 g/mol. The lowest BCUT2D eigenvalue weighted by Crippen LogP contribution is -2.24. The summed E-state index contributed by atoms with van der Waals surface area (Å²) in [6.45, 7) is 0.363. The Hall–Kier alpha value is -1.39. The van der Waals surface area contributed by atoms with Crippen LogP contribution in [0.5, 0.6) is 0 Å². The second-order valence-electron chi connectivity index (χ2n) is 4.59. The lowest BCUT2D eigenvalue weighted by atomic mass is 9.96. The minimum absolute atomic E-state index is 0.355. The molecule has 0 saturated heterocycles. The molecule has 17 heavy (non-hydrogen) atoms. The molecule has 1 atom stereocenters. The maximum absolute atomic E-state index is 10.0. The Labute approximate surface area is 99.6 Å². The first-order valence-corrected chi connectivity index (χ1v) is 6.05. The number of nitrogens with zero attached hydrogens (tertiary/aromatic N) is 1. The largest absolute Gasteiger partial charge is 0.386 e. The molecule has 4 heteroatoms. The van der Waals surface area contributed by atoms with Gasteiger partial charge >= 0.3 is 0 Å². The third kappa shape index (κ3) is 2.18. The van der Waals surface area contributed by atoms with Gasteiger partial charge in [-0.25, -0.2) is 4.98 Å². The molecule has 4 nitrogen and oxygen atoms in total. The van der Waals surface area contributed by atoms with E-state index in [4.69, 9.17) is 4.74 Å². The molecule has 2 aromatic rings. The van der Waals surface area contributed by atoms with Crippen LogP contribution in [-0.2, 0) is 4.74 Å². The third-order valence-electron chi connectivity index (χ3n) is 3.35. The van der Waals surface area contributed by atoms with Gasteiger partial charge in [0.2, 0.25) is 0 Å². The van der Waals surface area contributed by atoms with Crippen LogP contribution < -0.4 is 0 Å². The van der Waals surface area contributed by atoms with Crippen molar-refractivity contribution in [1.82, 2.24) is 9.97 Å². The summed E-state index contributed by atoms with van der Waals surface area (Å²) < 4.78 is 5.60. The summed E-state index contributed by atoms with van der Waals surface area (Å²) in [6, 6.07) is 3.90. The lowest BCUT2D eigenvalue weighted by Gasteiger charge is -2.26. The average Bonchev–Trinajstić information content (AvgIpc) is 2.73. The van der Waals surface area contributed by atoms with Gasteiger partial charge in [-0.2, -0.15) is 0 Å². The zero-order valence-electron chi connectivity index (χ0n) is 9.60. The predicted octanol–water partition coefficient (Wildman–Crippen LogP) is 2.17. The van der Waals surface area contributed by atoms with Gasteiger partial charge < -0.3 is 14.8 Å². The quantitative estimate of drug-likeness (QED) is 0.849. The fraction of sp³-hybridized carbons (Fsp3) is 0.462. The van der Waals surface area contributed by atoms with Gasteiger partial charge in [0, 0.05) is 23.3 Å². The van der Waals surface area contributed by atoms with Crippen LogP contribution in [0, 0.1) is 0 Å². The van der Waals surface area contributed by atoms with Crippen molar-refractivity contribution in [1.29, 1.82) is 0 Å². The number of aliphatic hydroxyl groups excluding tert-OH is 1. The van der Waals surface area contributed by atoms with Gasteiger partial charge in [0.15, 0.2) is 0 Å². The fourth-order valence-electron chi connectivity index (χ4n) is 2.00. The van der Waals surface area contributed by atoms with Gasteiger partial charge in [-0.05, 0) is 31.4 Å². The number of nitrogens with one attached hydrogen (secondary N) is 1. The van der Waals surface area contributed by atoms with E-state index in [0.29, 0.717) is 12.7 Å². The van der Waals surface area contributed by atoms with E-state index in [-0.39, 0.29) is 0 Å². The zero-order chi connectivity index (χ0) is 11.7. The molecule has 0 bridgehead atoms. The summed E-state index contributed by atoms with van der Waals surface area (Å²) in [7, 11) is 0. The molecule has 1 fully saturated rings. The van der Waals surface area contributed by atoms with Crippen LogP contribution in [0.3, 0.4) is 0 Å². The molecule has 2 heterocycles. The Kier molecular flexibility index (Phi) is 2.82. The molecule has 3 rings (SSSR count). The molecular formula is C13H16N2O2. The molecule has 2 aromatic heterocycles. The SMILES string of the molecule is O[C@@H](COC1CCC1)c1cnc2[nH]ccc2c1. The van der Waals surface area contributed by atoms with Crippen molar-refractivity contribution in [3.8, 4) is 0 Å². The Balaban J connectivity index is 1.68. The standard InChI is InChI=1S/C13H16N2O2/c16-12(8-17-11-2-1-3-11)10-6-9-4-5-14-13(9)15-7-10/h4-7,11-12,16H,1-3,8H2,(H,14,15)/t12-/m0/s1. The van der Waals surface area contributed by atoms with E-state index in [1.54, 1.807) is 6.20 Å². The first-order valence-electron chi connectivity index (χ1n) is 6.05. The number of aromatic nitrogens is 2. The fourth-order valence-corrected chi connectivity index (χ4v) is 2.00. The number of ether oxygens (including phenoxy) is 1. The highest BCUT2D eigenvalue weighted by Crippen LogP contribution is 2.24. The van der Waals surface area contributed by atoms with Crippen molar-refractivity contribution >= 4 is 11.0 Å². The number of aromatic amines is 1. The number of hydrogen-bond donors (Lipinski definition) is 2. The van der Waals surface area contributed by atoms with Crippen molar-refractivity contribution in [3.05, 3.63) is 30.1 Å². The van der Waals surface area contributed by atoms with Crippen LogP contribution in [0.2, 0.25) is 0 Å². The maximum atomic E-state index is 10.0. The van der Waals surface area contributed by atoms with Gasteiger partial charge in [-0.15, -0.1) is 0 Å². The van der Waals surface area contributed by atoms with Crippen LogP contribution in [-0.4, -0.2) is 27.8 Å². The molecule has 0 radical (unpaired) electrons. The van der Waals surface area contributed by atoms with E-state index in [2.05, 4.69) is 9.97 Å². The minimum atomic E-state index is -0.581. The van der Waals surface area contributed by atoms with E-state index in [0.717, 1.165) is 29.4 Å². The molecule has 1 aliphatic carbocycles. The van der Waals surface area contributed by atoms with Crippen molar-refractivity contribution < 1.29 is 9.84 Å². The van der Waals surface area contributed by atoms with Crippen LogP contribution in [0.25, 0.3) is 11.0 Å². The number of pyridine rings is 1. The van der Waals surface area contributed by atoms with Crippen LogP contribution >= 0.6 is 0 Å². The van der Waals surface area contributed by atoms with Gasteiger partial charge in [-0.1, -0.05) is 0 Å². The topological polar surface area (TPSA) is 58.1 Å². The number of H-pyrrole nitrogens is 1. The highest BCUT2D eigenvalue weighted by Gasteiger charge is 2.19. The molecule has 1 saturated carbocycles. The highest BCUT2D eigenvalue weighted by atomic mass is 16.5. The smallest absolute Gasteiger partial charge is 0.137 e. The Morgan fingerprint density at radius 2 is 2.41 bits per heavy atom. The summed E-state index contributed by atoms with van der Waals surface area (Å²) in [5.41, 5.74) is 1.66.